The molecular weight excluding hydrogens is 492 g/mol. The third-order valence-electron chi connectivity index (χ3n) is 7.21. The van der Waals surface area contributed by atoms with Crippen LogP contribution in [0.4, 0.5) is 11.4 Å². The molecule has 38 heavy (non-hydrogen) atoms. The van der Waals surface area contributed by atoms with Gasteiger partial charge in [-0.2, -0.15) is 0 Å². The largest absolute Gasteiger partial charge is 0.271 e. The zero-order chi connectivity index (χ0) is 26.0. The Kier molecular flexibility index (Phi) is 3.49. The minimum atomic E-state index is -0.530. The highest BCUT2D eigenvalue weighted by atomic mass is 16.6. The molecule has 12 heteroatoms. The molecule has 8 aromatic rings. The Labute approximate surface area is 207 Å². The summed E-state index contributed by atoms with van der Waals surface area (Å²) in [6, 6.07) is 15.0. The fourth-order valence-corrected chi connectivity index (χ4v) is 5.59. The molecule has 4 aromatic carbocycles. The van der Waals surface area contributed by atoms with Crippen molar-refractivity contribution in [3.05, 3.63) is 102 Å². The van der Waals surface area contributed by atoms with Gasteiger partial charge in [-0.25, -0.2) is 9.97 Å². The van der Waals surface area contributed by atoms with Crippen LogP contribution in [0.3, 0.4) is 0 Å². The molecule has 0 aliphatic carbocycles. The second-order valence-electron chi connectivity index (χ2n) is 9.08. The lowest BCUT2D eigenvalue weighted by Crippen LogP contribution is -2.16. The summed E-state index contributed by atoms with van der Waals surface area (Å²) in [5.41, 5.74) is 0.986. The van der Waals surface area contributed by atoms with Gasteiger partial charge in [-0.3, -0.25) is 38.6 Å². The van der Waals surface area contributed by atoms with Crippen LogP contribution in [0.15, 0.2) is 70.3 Å². The molecule has 12 nitrogen and oxygen atoms in total. The highest BCUT2D eigenvalue weighted by Gasteiger charge is 2.23. The lowest BCUT2D eigenvalue weighted by Gasteiger charge is -2.12. The summed E-state index contributed by atoms with van der Waals surface area (Å²) >= 11 is 0. The Morgan fingerprint density at radius 2 is 0.974 bits per heavy atom. The van der Waals surface area contributed by atoms with Crippen molar-refractivity contribution in [3.63, 3.8) is 0 Å². The molecule has 0 N–H and O–H groups in total. The van der Waals surface area contributed by atoms with Crippen molar-refractivity contribution in [2.45, 2.75) is 0 Å². The zero-order valence-corrected chi connectivity index (χ0v) is 18.9. The standard InChI is InChI=1S/C26H10N6O6/c33-25-15-6-4-14-22-16(26(34)30-20-10-12(32(37)38)2-8-18(20)28-24(14)30)5-3-13(21(15)22)23-27-17-7-1-11(31(35)36)9-19(17)29(23)25/h1-10H. The van der Waals surface area contributed by atoms with Crippen LogP contribution in [0.5, 0.6) is 0 Å². The van der Waals surface area contributed by atoms with Gasteiger partial charge in [0.2, 0.25) is 0 Å². The highest BCUT2D eigenvalue weighted by Crippen LogP contribution is 2.37. The van der Waals surface area contributed by atoms with Crippen LogP contribution in [0.2, 0.25) is 0 Å². The van der Waals surface area contributed by atoms with E-state index in [1.165, 1.54) is 45.2 Å². The lowest BCUT2D eigenvalue weighted by atomic mass is 9.96. The summed E-state index contributed by atoms with van der Waals surface area (Å²) in [5.74, 6) is 0. The van der Waals surface area contributed by atoms with Crippen LogP contribution in [-0.4, -0.2) is 28.6 Å². The third-order valence-corrected chi connectivity index (χ3v) is 7.21. The first-order valence-electron chi connectivity index (χ1n) is 11.4. The molecule has 0 amide bonds. The van der Waals surface area contributed by atoms with Crippen LogP contribution in [0.1, 0.15) is 0 Å². The van der Waals surface area contributed by atoms with E-state index in [0.29, 0.717) is 65.7 Å². The van der Waals surface area contributed by atoms with Gasteiger partial charge < -0.3 is 0 Å². The topological polar surface area (TPSA) is 155 Å². The molecule has 0 aliphatic heterocycles. The predicted octanol–water partition coefficient (Wildman–Crippen LogP) is 4.16. The first-order chi connectivity index (χ1) is 18.3. The summed E-state index contributed by atoms with van der Waals surface area (Å²) < 4.78 is 2.72. The molecule has 0 aliphatic rings. The molecule has 0 saturated carbocycles. The summed E-state index contributed by atoms with van der Waals surface area (Å²) in [6.07, 6.45) is 0. The summed E-state index contributed by atoms with van der Waals surface area (Å²) in [7, 11) is 0. The van der Waals surface area contributed by atoms with Gasteiger partial charge in [0.25, 0.3) is 22.5 Å². The number of nitro groups is 2. The molecule has 0 bridgehead atoms. The fraction of sp³-hybridized carbons (Fsp3) is 0. The number of aromatic nitrogens is 4. The maximum absolute atomic E-state index is 13.7. The molecule has 0 atom stereocenters. The SMILES string of the molecule is O=c1c2ccc3c4c(ccc(c24)c2nc4ccc([N+](=O)[O-])cc4n12)c(=O)n1c2cc([N+](=O)[O-])ccc2nc31. The van der Waals surface area contributed by atoms with Crippen molar-refractivity contribution in [1.82, 2.24) is 18.8 Å². The average Bonchev–Trinajstić information content (AvgIpc) is 3.49. The Bertz CT molecular complexity index is 2340. The number of hydrogen-bond acceptors (Lipinski definition) is 8. The Balaban J connectivity index is 1.60. The van der Waals surface area contributed by atoms with Gasteiger partial charge in [0.15, 0.2) is 0 Å². The van der Waals surface area contributed by atoms with E-state index in [1.807, 2.05) is 0 Å². The number of nitro benzene ring substituents is 2. The van der Waals surface area contributed by atoms with Crippen molar-refractivity contribution in [1.29, 1.82) is 0 Å². The normalized spacial score (nSPS) is 12.3. The van der Waals surface area contributed by atoms with Crippen molar-refractivity contribution >= 4 is 77.1 Å². The number of non-ortho nitro benzene ring substituents is 2. The van der Waals surface area contributed by atoms with E-state index >= 15 is 0 Å². The minimum absolute atomic E-state index is 0.159. The van der Waals surface area contributed by atoms with E-state index in [1.54, 1.807) is 24.3 Å². The molecule has 0 unspecified atom stereocenters. The maximum Gasteiger partial charge on any atom is 0.271 e. The molecule has 0 fully saturated rings. The van der Waals surface area contributed by atoms with Gasteiger partial charge in [-0.1, -0.05) is 0 Å². The number of fused-ring (bicyclic) bond motifs is 8. The van der Waals surface area contributed by atoms with Gasteiger partial charge in [0.1, 0.15) is 11.3 Å². The molecule has 8 rings (SSSR count). The Morgan fingerprint density at radius 3 is 1.37 bits per heavy atom. The monoisotopic (exact) mass is 502 g/mol. The van der Waals surface area contributed by atoms with Gasteiger partial charge in [0, 0.05) is 56.6 Å². The molecule has 180 valence electrons. The highest BCUT2D eigenvalue weighted by molar-refractivity contribution is 6.27. The van der Waals surface area contributed by atoms with E-state index < -0.39 is 21.0 Å². The van der Waals surface area contributed by atoms with E-state index in [-0.39, 0.29) is 11.4 Å². The number of benzene rings is 4. The Hall–Kier alpha value is -5.78. The predicted molar refractivity (Wildman–Crippen MR) is 140 cm³/mol. The van der Waals surface area contributed by atoms with Crippen LogP contribution >= 0.6 is 0 Å². The van der Waals surface area contributed by atoms with Gasteiger partial charge in [-0.05, 0) is 36.4 Å². The molecule has 0 radical (unpaired) electrons. The molecule has 4 aromatic heterocycles. The maximum atomic E-state index is 13.7. The zero-order valence-electron chi connectivity index (χ0n) is 18.9. The van der Waals surface area contributed by atoms with Crippen LogP contribution < -0.4 is 11.1 Å². The first kappa shape index (κ1) is 20.4. The number of rotatable bonds is 2. The van der Waals surface area contributed by atoms with Crippen LogP contribution in [0, 0.1) is 20.2 Å². The smallest absolute Gasteiger partial charge is 0.268 e. The van der Waals surface area contributed by atoms with E-state index in [9.17, 15) is 29.8 Å². The van der Waals surface area contributed by atoms with E-state index in [2.05, 4.69) is 9.97 Å². The lowest BCUT2D eigenvalue weighted by molar-refractivity contribution is -0.384. The summed E-state index contributed by atoms with van der Waals surface area (Å²) in [4.78, 5) is 58.3. The van der Waals surface area contributed by atoms with Gasteiger partial charge in [0.05, 0.1) is 31.9 Å². The first-order valence-corrected chi connectivity index (χ1v) is 11.4. The van der Waals surface area contributed by atoms with Crippen LogP contribution in [-0.2, 0) is 0 Å². The minimum Gasteiger partial charge on any atom is -0.268 e. The summed E-state index contributed by atoms with van der Waals surface area (Å²) in [6.45, 7) is 0. The number of nitrogens with zero attached hydrogens (tertiary/aromatic N) is 6. The molecular formula is C26H10N6O6. The van der Waals surface area contributed by atoms with Crippen molar-refractivity contribution in [2.75, 3.05) is 0 Å². The third kappa shape index (κ3) is 2.29. The second-order valence-corrected chi connectivity index (χ2v) is 9.08. The number of hydrogen-bond donors (Lipinski definition) is 0. The average molecular weight is 502 g/mol. The summed E-state index contributed by atoms with van der Waals surface area (Å²) in [5, 5.41) is 25.6. The van der Waals surface area contributed by atoms with E-state index in [4.69, 9.17) is 0 Å². The van der Waals surface area contributed by atoms with Crippen molar-refractivity contribution < 1.29 is 9.85 Å². The number of pyridine rings is 2. The second kappa shape index (κ2) is 6.50. The van der Waals surface area contributed by atoms with Crippen molar-refractivity contribution in [3.8, 4) is 0 Å². The number of imidazole rings is 2. The van der Waals surface area contributed by atoms with E-state index in [0.717, 1.165) is 0 Å². The molecule has 0 saturated heterocycles. The Morgan fingerprint density at radius 1 is 0.579 bits per heavy atom. The quantitative estimate of drug-likeness (QED) is 0.194. The van der Waals surface area contributed by atoms with Gasteiger partial charge >= 0.3 is 0 Å². The molecule has 4 heterocycles. The van der Waals surface area contributed by atoms with Gasteiger partial charge in [-0.15, -0.1) is 0 Å². The fourth-order valence-electron chi connectivity index (χ4n) is 5.59. The van der Waals surface area contributed by atoms with Crippen LogP contribution in [0.25, 0.3) is 65.7 Å². The molecule has 0 spiro atoms. The van der Waals surface area contributed by atoms with Crippen molar-refractivity contribution in [2.24, 2.45) is 0 Å².